The lowest BCUT2D eigenvalue weighted by atomic mass is 9.96. The number of aldehydes is 1. The fourth-order valence-corrected chi connectivity index (χ4v) is 11.7. The molecule has 0 saturated heterocycles. The van der Waals surface area contributed by atoms with E-state index in [4.69, 9.17) is 19.7 Å². The van der Waals surface area contributed by atoms with Crippen molar-refractivity contribution < 1.29 is 46.5 Å². The van der Waals surface area contributed by atoms with Gasteiger partial charge in [0, 0.05) is 12.2 Å². The van der Waals surface area contributed by atoms with Gasteiger partial charge in [-0.05, 0) is 179 Å². The highest BCUT2D eigenvalue weighted by Gasteiger charge is 2.44. The van der Waals surface area contributed by atoms with Gasteiger partial charge in [0.2, 0.25) is 0 Å². The smallest absolute Gasteiger partial charge is 0.328 e. The van der Waals surface area contributed by atoms with Crippen molar-refractivity contribution in [1.29, 1.82) is 0 Å². The molecule has 0 unspecified atom stereocenters. The predicted molar refractivity (Wildman–Crippen MR) is 288 cm³/mol. The molecule has 69 heavy (non-hydrogen) atoms. The number of aliphatic carboxylic acids is 2. The van der Waals surface area contributed by atoms with Gasteiger partial charge in [-0.2, -0.15) is 0 Å². The minimum Gasteiger partial charge on any atom is -1.00 e. The molecule has 0 atom stereocenters. The topological polar surface area (TPSA) is 110 Å². The van der Waals surface area contributed by atoms with Gasteiger partial charge in [-0.3, -0.25) is 4.79 Å². The van der Waals surface area contributed by atoms with Crippen LogP contribution in [-0.4, -0.2) is 48.8 Å². The maximum atomic E-state index is 10.6. The summed E-state index contributed by atoms with van der Waals surface area (Å²) in [5.74, 6) is -0.149. The lowest BCUT2D eigenvalue weighted by Gasteiger charge is -2.26. The van der Waals surface area contributed by atoms with Crippen LogP contribution >= 0.6 is 7.26 Å². The fraction of sp³-hybridized carbons (Fsp3) is 0.217. The highest BCUT2D eigenvalue weighted by Crippen LogP contribution is 2.55. The van der Waals surface area contributed by atoms with Gasteiger partial charge in [0.05, 0.1) is 20.4 Å². The standard InChI is InChI=1S/C34H36OP.C21H26O3.C5H6O3.ClH/c1-26(21-22-33-27(2)25-34(35-5)29(4)28(33)3)23-24-36(30-15-9-6-10-16-30,31-17-11-7-12-18-31)32-19-13-8-14-20-32;1-14(8-7-9-15(2)12-21(22)23)10-11-19-16(3)13-20(24-6)18(5)17(19)4;1-4(3-6)2-5(7)8;/h6-23,25H,24H2,1-5H3;7-13H,1-6H3,(H,22,23);2-3H,1H3,(H,7,8);1H/q+1;;;/p-1/b22-21+,26-23+;9-7+,11-10+,14-8+,15-12+;4-2+;. The molecule has 0 spiro atoms. The van der Waals surface area contributed by atoms with Crippen molar-refractivity contribution in [2.45, 2.75) is 69.2 Å². The summed E-state index contributed by atoms with van der Waals surface area (Å²) in [6.45, 7) is 20.1. The van der Waals surface area contributed by atoms with Crippen molar-refractivity contribution in [1.82, 2.24) is 0 Å². The van der Waals surface area contributed by atoms with Crippen LogP contribution in [0.2, 0.25) is 0 Å². The van der Waals surface area contributed by atoms with Crippen LogP contribution in [0.25, 0.3) is 12.2 Å². The second-order valence-corrected chi connectivity index (χ2v) is 20.1. The maximum Gasteiger partial charge on any atom is 0.328 e. The minimum atomic E-state index is -1.87. The third kappa shape index (κ3) is 17.4. The average Bonchev–Trinajstić information content (AvgIpc) is 3.32. The van der Waals surface area contributed by atoms with Crippen LogP contribution in [0.3, 0.4) is 0 Å². The number of methoxy groups -OCH3 is 2. The largest absolute Gasteiger partial charge is 1.00 e. The van der Waals surface area contributed by atoms with E-state index in [1.54, 1.807) is 27.2 Å². The Bertz CT molecular complexity index is 2630. The van der Waals surface area contributed by atoms with Crippen LogP contribution in [0.4, 0.5) is 0 Å². The number of allylic oxidation sites excluding steroid dienone is 10. The number of carbonyl (C=O) groups excluding carboxylic acids is 1. The third-order valence-corrected chi connectivity index (χ3v) is 15.8. The second-order valence-electron chi connectivity index (χ2n) is 16.6. The number of carboxylic acids is 2. The number of hydrogen-bond acceptors (Lipinski definition) is 5. The van der Waals surface area contributed by atoms with Crippen molar-refractivity contribution in [2.24, 2.45) is 0 Å². The maximum absolute atomic E-state index is 10.6. The molecule has 0 aliphatic rings. The summed E-state index contributed by atoms with van der Waals surface area (Å²) < 4.78 is 11.0. The highest BCUT2D eigenvalue weighted by atomic mass is 35.5. The number of carbonyl (C=O) groups is 3. The summed E-state index contributed by atoms with van der Waals surface area (Å²) in [6, 6.07) is 37.4. The van der Waals surface area contributed by atoms with Crippen LogP contribution in [0.1, 0.15) is 72.2 Å². The van der Waals surface area contributed by atoms with Gasteiger partial charge in [0.25, 0.3) is 0 Å². The van der Waals surface area contributed by atoms with Crippen molar-refractivity contribution >= 4 is 53.6 Å². The third-order valence-electron chi connectivity index (χ3n) is 11.6. The van der Waals surface area contributed by atoms with Crippen LogP contribution < -0.4 is 37.8 Å². The summed E-state index contributed by atoms with van der Waals surface area (Å²) in [7, 11) is 1.57. The monoisotopic (exact) mass is 966 g/mol. The molecule has 0 aromatic heterocycles. The van der Waals surface area contributed by atoms with E-state index in [-0.39, 0.29) is 18.0 Å². The quantitative estimate of drug-likeness (QED) is 0.0439. The lowest BCUT2D eigenvalue weighted by molar-refractivity contribution is -0.132. The Labute approximate surface area is 417 Å². The number of halogens is 1. The van der Waals surface area contributed by atoms with E-state index in [0.29, 0.717) is 11.9 Å². The van der Waals surface area contributed by atoms with E-state index in [1.165, 1.54) is 73.4 Å². The molecular weight excluding hydrogens is 899 g/mol. The molecule has 0 heterocycles. The normalized spacial score (nSPS) is 12.2. The Morgan fingerprint density at radius 3 is 1.26 bits per heavy atom. The van der Waals surface area contributed by atoms with E-state index in [2.05, 4.69) is 182 Å². The van der Waals surface area contributed by atoms with Gasteiger partial charge in [0.15, 0.2) is 0 Å². The molecule has 0 saturated carbocycles. The van der Waals surface area contributed by atoms with Gasteiger partial charge in [0.1, 0.15) is 41.0 Å². The number of carboxylic acid groups (broad SMARTS) is 2. The molecular formula is C60H68ClO7P. The molecule has 0 aliphatic carbocycles. The summed E-state index contributed by atoms with van der Waals surface area (Å²) >= 11 is 0. The first-order chi connectivity index (χ1) is 32.4. The first kappa shape index (κ1) is 58.3. The van der Waals surface area contributed by atoms with Crippen LogP contribution in [0.5, 0.6) is 11.5 Å². The van der Waals surface area contributed by atoms with Crippen LogP contribution in [-0.2, 0) is 14.4 Å². The van der Waals surface area contributed by atoms with Crippen molar-refractivity contribution in [2.75, 3.05) is 20.4 Å². The van der Waals surface area contributed by atoms with Crippen LogP contribution in [0.15, 0.2) is 174 Å². The van der Waals surface area contributed by atoms with Crippen LogP contribution in [0, 0.1) is 41.5 Å². The Hall–Kier alpha value is -6.79. The van der Waals surface area contributed by atoms with E-state index < -0.39 is 19.2 Å². The summed E-state index contributed by atoms with van der Waals surface area (Å²) in [5.41, 5.74) is 13.0. The lowest BCUT2D eigenvalue weighted by Crippen LogP contribution is -3.00. The highest BCUT2D eigenvalue weighted by molar-refractivity contribution is 7.95. The molecule has 5 rings (SSSR count). The molecule has 9 heteroatoms. The molecule has 7 nitrogen and oxygen atoms in total. The first-order valence-electron chi connectivity index (χ1n) is 22.4. The van der Waals surface area contributed by atoms with Gasteiger partial charge < -0.3 is 32.1 Å². The minimum absolute atomic E-state index is 0. The number of aryl methyl sites for hydroxylation is 2. The molecule has 0 amide bonds. The van der Waals surface area contributed by atoms with E-state index in [1.807, 2.05) is 19.1 Å². The number of rotatable bonds is 16. The number of ether oxygens (including phenoxy) is 2. The van der Waals surface area contributed by atoms with Gasteiger partial charge in [-0.15, -0.1) is 0 Å². The van der Waals surface area contributed by atoms with Crippen molar-refractivity contribution in [3.8, 4) is 11.5 Å². The van der Waals surface area contributed by atoms with Gasteiger partial charge in [-0.25, -0.2) is 9.59 Å². The van der Waals surface area contributed by atoms with Gasteiger partial charge in [-0.1, -0.05) is 108 Å². The SMILES string of the molecule is C/C(C=O)=C\C(=O)O.COc1cc(C)c(/C=C/C(C)=C/C=C/C(C)=C/C(=O)O)c(C)c1C.COc1cc(C)c(/C=C/C(C)=C/C[P+](c2ccccc2)(c2ccccc2)c2ccccc2)c(C)c1C.[Cl-]. The molecule has 0 fully saturated rings. The van der Waals surface area contributed by atoms with E-state index in [0.717, 1.165) is 34.9 Å². The average molecular weight is 968 g/mol. The number of benzene rings is 5. The van der Waals surface area contributed by atoms with E-state index in [9.17, 15) is 14.4 Å². The Morgan fingerprint density at radius 1 is 0.536 bits per heavy atom. The molecule has 0 radical (unpaired) electrons. The summed E-state index contributed by atoms with van der Waals surface area (Å²) in [4.78, 5) is 30.0. The first-order valence-corrected chi connectivity index (χ1v) is 24.4. The molecule has 5 aromatic rings. The second kappa shape index (κ2) is 29.2. The van der Waals surface area contributed by atoms with Crippen molar-refractivity contribution in [3.63, 3.8) is 0 Å². The summed E-state index contributed by atoms with van der Waals surface area (Å²) in [6.07, 6.45) is 20.2. The molecule has 2 N–H and O–H groups in total. The zero-order valence-corrected chi connectivity index (χ0v) is 43.8. The molecule has 0 aliphatic heterocycles. The Morgan fingerprint density at radius 2 is 0.913 bits per heavy atom. The van der Waals surface area contributed by atoms with E-state index >= 15 is 0 Å². The number of hydrogen-bond donors (Lipinski definition) is 2. The van der Waals surface area contributed by atoms with Gasteiger partial charge >= 0.3 is 11.9 Å². The zero-order valence-electron chi connectivity index (χ0n) is 42.1. The fourth-order valence-electron chi connectivity index (χ4n) is 7.54. The molecule has 362 valence electrons. The Kier molecular flexibility index (Phi) is 24.7. The van der Waals surface area contributed by atoms with Crippen molar-refractivity contribution in [3.05, 3.63) is 219 Å². The Balaban J connectivity index is 0.000000427. The molecule has 5 aromatic carbocycles. The molecule has 0 bridgehead atoms. The summed E-state index contributed by atoms with van der Waals surface area (Å²) in [5, 5.41) is 20.9. The predicted octanol–water partition coefficient (Wildman–Crippen LogP) is 9.96. The zero-order chi connectivity index (χ0) is 50.4.